The second kappa shape index (κ2) is 8.17. The summed E-state index contributed by atoms with van der Waals surface area (Å²) in [6.45, 7) is 3.98. The molecule has 1 N–H and O–H groups in total. The average molecular weight is 373 g/mol. The van der Waals surface area contributed by atoms with Gasteiger partial charge in [0.2, 0.25) is 0 Å². The highest BCUT2D eigenvalue weighted by Gasteiger charge is 2.40. The van der Waals surface area contributed by atoms with E-state index in [1.807, 2.05) is 0 Å². The Bertz CT molecular complexity index is 730. The Morgan fingerprint density at radius 3 is 2.04 bits per heavy atom. The topological polar surface area (TPSA) is 40.5 Å². The zero-order valence-electron chi connectivity index (χ0n) is 15.5. The molecule has 27 heavy (non-hydrogen) atoms. The predicted molar refractivity (Wildman–Crippen MR) is 101 cm³/mol. The van der Waals surface area contributed by atoms with Crippen LogP contribution in [0.1, 0.15) is 43.2 Å². The predicted octanol–water partition coefficient (Wildman–Crippen LogP) is 4.67. The lowest BCUT2D eigenvalue weighted by molar-refractivity contribution is -0.147. The van der Waals surface area contributed by atoms with Crippen molar-refractivity contribution in [1.82, 2.24) is 4.90 Å². The standard InChI is InChI=1S/C22H25F2NO2/c1-22(21(26)27)12-14-25(15-22)13-2-3-20(16-4-8-18(23)9-5-16)17-6-10-19(24)11-7-17/h4-11,20H,2-3,12-15H2,1H3,(H,26,27). The molecule has 3 nitrogen and oxygen atoms in total. The number of carbonyl (C=O) groups is 1. The van der Waals surface area contributed by atoms with Crippen LogP contribution in [0.2, 0.25) is 0 Å². The smallest absolute Gasteiger partial charge is 0.310 e. The molecule has 1 heterocycles. The van der Waals surface area contributed by atoms with Crippen LogP contribution in [-0.4, -0.2) is 35.6 Å². The maximum atomic E-state index is 13.3. The van der Waals surface area contributed by atoms with Crippen molar-refractivity contribution < 1.29 is 18.7 Å². The summed E-state index contributed by atoms with van der Waals surface area (Å²) in [7, 11) is 0. The second-order valence-corrected chi connectivity index (χ2v) is 7.69. The minimum Gasteiger partial charge on any atom is -0.481 e. The quantitative estimate of drug-likeness (QED) is 0.766. The van der Waals surface area contributed by atoms with Crippen LogP contribution in [0, 0.1) is 17.0 Å². The molecule has 2 aromatic rings. The number of likely N-dealkylation sites (tertiary alicyclic amines) is 1. The Labute approximate surface area is 158 Å². The van der Waals surface area contributed by atoms with E-state index in [4.69, 9.17) is 0 Å². The van der Waals surface area contributed by atoms with Gasteiger partial charge in [-0.25, -0.2) is 8.78 Å². The molecule has 1 aliphatic rings. The Balaban J connectivity index is 1.66. The molecule has 0 radical (unpaired) electrons. The maximum absolute atomic E-state index is 13.3. The number of hydrogen-bond acceptors (Lipinski definition) is 2. The molecular weight excluding hydrogens is 348 g/mol. The van der Waals surface area contributed by atoms with Crippen LogP contribution >= 0.6 is 0 Å². The summed E-state index contributed by atoms with van der Waals surface area (Å²) in [4.78, 5) is 13.6. The zero-order chi connectivity index (χ0) is 19.4. The maximum Gasteiger partial charge on any atom is 0.310 e. The van der Waals surface area contributed by atoms with Gasteiger partial charge in [0.25, 0.3) is 0 Å². The average Bonchev–Trinajstić information content (AvgIpc) is 3.03. The summed E-state index contributed by atoms with van der Waals surface area (Å²) >= 11 is 0. The van der Waals surface area contributed by atoms with Gasteiger partial charge in [-0.05, 0) is 74.7 Å². The third-order valence-electron chi connectivity index (χ3n) is 5.58. The Kier molecular flexibility index (Phi) is 5.90. The molecule has 1 aliphatic heterocycles. The Hall–Kier alpha value is -2.27. The van der Waals surface area contributed by atoms with Crippen LogP contribution in [0.3, 0.4) is 0 Å². The van der Waals surface area contributed by atoms with Gasteiger partial charge in [-0.2, -0.15) is 0 Å². The van der Waals surface area contributed by atoms with E-state index in [1.165, 1.54) is 24.3 Å². The number of hydrogen-bond donors (Lipinski definition) is 1. The molecule has 0 aromatic heterocycles. The molecule has 1 atom stereocenters. The molecule has 1 saturated heterocycles. The van der Waals surface area contributed by atoms with Gasteiger partial charge in [-0.3, -0.25) is 4.79 Å². The normalized spacial score (nSPS) is 20.3. The van der Waals surface area contributed by atoms with Crippen molar-refractivity contribution >= 4 is 5.97 Å². The van der Waals surface area contributed by atoms with Crippen molar-refractivity contribution in [3.63, 3.8) is 0 Å². The molecule has 144 valence electrons. The van der Waals surface area contributed by atoms with E-state index >= 15 is 0 Å². The minimum atomic E-state index is -0.736. The van der Waals surface area contributed by atoms with E-state index in [0.717, 1.165) is 37.1 Å². The number of aliphatic carboxylic acids is 1. The van der Waals surface area contributed by atoms with Gasteiger partial charge in [-0.15, -0.1) is 0 Å². The number of carboxylic acid groups (broad SMARTS) is 1. The molecule has 0 aliphatic carbocycles. The molecule has 3 rings (SSSR count). The fraction of sp³-hybridized carbons (Fsp3) is 0.409. The molecule has 0 bridgehead atoms. The van der Waals surface area contributed by atoms with Crippen LogP contribution in [0.4, 0.5) is 8.78 Å². The molecule has 0 amide bonds. The summed E-state index contributed by atoms with van der Waals surface area (Å²) in [5.41, 5.74) is 1.34. The van der Waals surface area contributed by atoms with Gasteiger partial charge in [0.05, 0.1) is 5.41 Å². The first kappa shape index (κ1) is 19.5. The van der Waals surface area contributed by atoms with E-state index in [0.29, 0.717) is 13.0 Å². The number of benzene rings is 2. The van der Waals surface area contributed by atoms with Gasteiger partial charge in [0.15, 0.2) is 0 Å². The summed E-state index contributed by atoms with van der Waals surface area (Å²) in [6.07, 6.45) is 2.38. The SMILES string of the molecule is CC1(C(=O)O)CCN(CCCC(c2ccc(F)cc2)c2ccc(F)cc2)C1. The van der Waals surface area contributed by atoms with E-state index < -0.39 is 11.4 Å². The largest absolute Gasteiger partial charge is 0.481 e. The second-order valence-electron chi connectivity index (χ2n) is 7.69. The molecule has 5 heteroatoms. The lowest BCUT2D eigenvalue weighted by atomic mass is 9.87. The summed E-state index contributed by atoms with van der Waals surface area (Å²) < 4.78 is 26.6. The first-order valence-corrected chi connectivity index (χ1v) is 9.34. The van der Waals surface area contributed by atoms with Crippen LogP contribution in [0.25, 0.3) is 0 Å². The number of halogens is 2. The van der Waals surface area contributed by atoms with E-state index in [1.54, 1.807) is 31.2 Å². The Morgan fingerprint density at radius 2 is 1.59 bits per heavy atom. The number of nitrogens with zero attached hydrogens (tertiary/aromatic N) is 1. The zero-order valence-corrected chi connectivity index (χ0v) is 15.5. The number of rotatable bonds is 7. The molecule has 0 saturated carbocycles. The van der Waals surface area contributed by atoms with Crippen molar-refractivity contribution in [2.75, 3.05) is 19.6 Å². The van der Waals surface area contributed by atoms with Crippen molar-refractivity contribution in [1.29, 1.82) is 0 Å². The molecule has 2 aromatic carbocycles. The summed E-state index contributed by atoms with van der Waals surface area (Å²) in [5, 5.41) is 9.36. The highest BCUT2D eigenvalue weighted by Crippen LogP contribution is 2.32. The van der Waals surface area contributed by atoms with Crippen LogP contribution < -0.4 is 0 Å². The van der Waals surface area contributed by atoms with Crippen LogP contribution in [0.15, 0.2) is 48.5 Å². The fourth-order valence-electron chi connectivity index (χ4n) is 3.86. The first-order valence-electron chi connectivity index (χ1n) is 9.34. The molecule has 0 spiro atoms. The summed E-state index contributed by atoms with van der Waals surface area (Å²) in [5.74, 6) is -1.23. The van der Waals surface area contributed by atoms with Gasteiger partial charge < -0.3 is 10.0 Å². The molecule has 1 fully saturated rings. The van der Waals surface area contributed by atoms with Gasteiger partial charge in [0.1, 0.15) is 11.6 Å². The highest BCUT2D eigenvalue weighted by molar-refractivity contribution is 5.74. The third-order valence-corrected chi connectivity index (χ3v) is 5.58. The van der Waals surface area contributed by atoms with E-state index in [-0.39, 0.29) is 17.6 Å². The summed E-state index contributed by atoms with van der Waals surface area (Å²) in [6, 6.07) is 12.9. The van der Waals surface area contributed by atoms with Gasteiger partial charge in [-0.1, -0.05) is 24.3 Å². The Morgan fingerprint density at radius 1 is 1.07 bits per heavy atom. The lowest BCUT2D eigenvalue weighted by Crippen LogP contribution is -2.32. The third kappa shape index (κ3) is 4.72. The van der Waals surface area contributed by atoms with Gasteiger partial charge in [0, 0.05) is 12.5 Å². The lowest BCUT2D eigenvalue weighted by Gasteiger charge is -2.22. The van der Waals surface area contributed by atoms with Crippen LogP contribution in [-0.2, 0) is 4.79 Å². The van der Waals surface area contributed by atoms with E-state index in [9.17, 15) is 18.7 Å². The fourth-order valence-corrected chi connectivity index (χ4v) is 3.86. The van der Waals surface area contributed by atoms with Crippen molar-refractivity contribution in [2.24, 2.45) is 5.41 Å². The van der Waals surface area contributed by atoms with E-state index in [2.05, 4.69) is 4.90 Å². The first-order chi connectivity index (χ1) is 12.9. The minimum absolute atomic E-state index is 0.0552. The molecular formula is C22H25F2NO2. The monoisotopic (exact) mass is 373 g/mol. The van der Waals surface area contributed by atoms with Gasteiger partial charge >= 0.3 is 5.97 Å². The van der Waals surface area contributed by atoms with Crippen LogP contribution in [0.5, 0.6) is 0 Å². The number of carboxylic acids is 1. The molecule has 1 unspecified atom stereocenters. The highest BCUT2D eigenvalue weighted by atomic mass is 19.1. The van der Waals surface area contributed by atoms with Crippen molar-refractivity contribution in [3.05, 3.63) is 71.3 Å². The van der Waals surface area contributed by atoms with Crippen molar-refractivity contribution in [2.45, 2.75) is 32.1 Å². The van der Waals surface area contributed by atoms with Crippen molar-refractivity contribution in [3.8, 4) is 0 Å².